The number of halogens is 1. The Balaban J connectivity index is 0.00000529. The fourth-order valence-electron chi connectivity index (χ4n) is 2.15. The van der Waals surface area contributed by atoms with Crippen molar-refractivity contribution in [2.75, 3.05) is 46.9 Å². The smallest absolute Gasteiger partial charge is 0.191 e. The summed E-state index contributed by atoms with van der Waals surface area (Å²) in [4.78, 5) is 9.72. The molecule has 0 saturated heterocycles. The van der Waals surface area contributed by atoms with Crippen LogP contribution in [0.4, 0.5) is 0 Å². The predicted molar refractivity (Wildman–Crippen MR) is 116 cm³/mol. The number of hydrogen-bond acceptors (Lipinski definition) is 4. The van der Waals surface area contributed by atoms with Crippen LogP contribution >= 0.6 is 35.3 Å². The number of nitrogens with one attached hydrogen (secondary N) is 2. The zero-order valence-corrected chi connectivity index (χ0v) is 18.6. The van der Waals surface area contributed by atoms with Gasteiger partial charge in [0.1, 0.15) is 0 Å². The molecule has 1 rings (SSSR count). The first-order valence-electron chi connectivity index (χ1n) is 8.46. The molecule has 1 aromatic heterocycles. The third kappa shape index (κ3) is 10.5. The van der Waals surface area contributed by atoms with Gasteiger partial charge in [0, 0.05) is 49.6 Å². The highest BCUT2D eigenvalue weighted by Gasteiger charge is 2.02. The van der Waals surface area contributed by atoms with E-state index in [4.69, 9.17) is 4.74 Å². The Kier molecular flexibility index (Phi) is 14.7. The summed E-state index contributed by atoms with van der Waals surface area (Å²) in [5, 5.41) is 6.71. The number of hydrogen-bond donors (Lipinski definition) is 2. The Morgan fingerprint density at radius 1 is 1.21 bits per heavy atom. The summed E-state index contributed by atoms with van der Waals surface area (Å²) in [7, 11) is 3.89. The molecule has 0 atom stereocenters. The summed E-state index contributed by atoms with van der Waals surface area (Å²) >= 11 is 1.85. The summed E-state index contributed by atoms with van der Waals surface area (Å²) in [6, 6.07) is 4.38. The molecule has 0 aliphatic heterocycles. The predicted octanol–water partition coefficient (Wildman–Crippen LogP) is 2.95. The van der Waals surface area contributed by atoms with Crippen LogP contribution in [-0.2, 0) is 17.7 Å². The molecule has 0 aromatic carbocycles. The van der Waals surface area contributed by atoms with Crippen molar-refractivity contribution < 1.29 is 4.74 Å². The van der Waals surface area contributed by atoms with Crippen LogP contribution in [0, 0.1) is 0 Å². The molecule has 0 unspecified atom stereocenters. The molecule has 0 fully saturated rings. The zero-order valence-electron chi connectivity index (χ0n) is 15.4. The Morgan fingerprint density at radius 2 is 1.96 bits per heavy atom. The number of aliphatic imine (C=N–C) groups is 1. The van der Waals surface area contributed by atoms with Gasteiger partial charge in [0.05, 0.1) is 6.54 Å². The molecule has 24 heavy (non-hydrogen) atoms. The van der Waals surface area contributed by atoms with E-state index in [0.717, 1.165) is 58.1 Å². The quantitative estimate of drug-likeness (QED) is 0.227. The lowest BCUT2D eigenvalue weighted by Crippen LogP contribution is -2.41. The van der Waals surface area contributed by atoms with Crippen LogP contribution < -0.4 is 10.6 Å². The van der Waals surface area contributed by atoms with Gasteiger partial charge in [-0.1, -0.05) is 6.92 Å². The lowest BCUT2D eigenvalue weighted by molar-refractivity contribution is 0.180. The SMILES string of the molecule is CCNC(=NCc1ccc(CC)s1)NCCN(C)CCCOC.I. The molecule has 0 saturated carbocycles. The zero-order chi connectivity index (χ0) is 16.9. The monoisotopic (exact) mass is 468 g/mol. The largest absolute Gasteiger partial charge is 0.385 e. The van der Waals surface area contributed by atoms with Gasteiger partial charge in [0.25, 0.3) is 0 Å². The highest BCUT2D eigenvalue weighted by atomic mass is 127. The average Bonchev–Trinajstić information content (AvgIpc) is 3.01. The van der Waals surface area contributed by atoms with Crippen molar-refractivity contribution in [3.63, 3.8) is 0 Å². The number of guanidine groups is 1. The highest BCUT2D eigenvalue weighted by Crippen LogP contribution is 2.17. The van der Waals surface area contributed by atoms with Crippen LogP contribution in [0.2, 0.25) is 0 Å². The van der Waals surface area contributed by atoms with Crippen molar-refractivity contribution in [1.82, 2.24) is 15.5 Å². The lowest BCUT2D eigenvalue weighted by Gasteiger charge is -2.18. The molecule has 1 heterocycles. The van der Waals surface area contributed by atoms with Crippen molar-refractivity contribution in [2.45, 2.75) is 33.2 Å². The molecule has 0 radical (unpaired) electrons. The molecule has 0 aliphatic rings. The Labute approximate surface area is 168 Å². The van der Waals surface area contributed by atoms with Gasteiger partial charge in [-0.3, -0.25) is 0 Å². The van der Waals surface area contributed by atoms with Crippen LogP contribution in [0.25, 0.3) is 0 Å². The second kappa shape index (κ2) is 14.9. The molecule has 0 spiro atoms. The number of nitrogens with zero attached hydrogens (tertiary/aromatic N) is 2. The highest BCUT2D eigenvalue weighted by molar-refractivity contribution is 14.0. The molecular formula is C17H33IN4OS. The van der Waals surface area contributed by atoms with E-state index in [-0.39, 0.29) is 24.0 Å². The van der Waals surface area contributed by atoms with Crippen LogP contribution in [0.5, 0.6) is 0 Å². The standard InChI is InChI=1S/C17H32N4OS.HI/c1-5-15-8-9-16(23-15)14-20-17(18-6-2)19-10-12-21(3)11-7-13-22-4;/h8-9H,5-7,10-14H2,1-4H3,(H2,18,19,20);1H. The van der Waals surface area contributed by atoms with Gasteiger partial charge in [0.2, 0.25) is 0 Å². The van der Waals surface area contributed by atoms with E-state index in [2.05, 4.69) is 53.6 Å². The van der Waals surface area contributed by atoms with Crippen molar-refractivity contribution in [2.24, 2.45) is 4.99 Å². The third-order valence-electron chi connectivity index (χ3n) is 3.48. The summed E-state index contributed by atoms with van der Waals surface area (Å²) in [6.45, 7) is 9.65. The first kappa shape index (κ1) is 23.6. The lowest BCUT2D eigenvalue weighted by atomic mass is 10.4. The number of ether oxygens (including phenoxy) is 1. The van der Waals surface area contributed by atoms with Crippen LogP contribution in [0.3, 0.4) is 0 Å². The summed E-state index contributed by atoms with van der Waals surface area (Å²) in [6.07, 6.45) is 2.17. The van der Waals surface area contributed by atoms with Gasteiger partial charge >= 0.3 is 0 Å². The minimum atomic E-state index is 0. The maximum absolute atomic E-state index is 5.08. The number of aryl methyl sites for hydroxylation is 1. The summed E-state index contributed by atoms with van der Waals surface area (Å²) in [5.74, 6) is 0.893. The topological polar surface area (TPSA) is 48.9 Å². The van der Waals surface area contributed by atoms with Crippen LogP contribution in [0.15, 0.2) is 17.1 Å². The van der Waals surface area contributed by atoms with E-state index in [1.54, 1.807) is 7.11 Å². The van der Waals surface area contributed by atoms with Gasteiger partial charge in [0.15, 0.2) is 5.96 Å². The van der Waals surface area contributed by atoms with Gasteiger partial charge in [-0.05, 0) is 38.9 Å². The molecule has 0 bridgehead atoms. The summed E-state index contributed by atoms with van der Waals surface area (Å²) < 4.78 is 5.08. The number of likely N-dealkylation sites (N-methyl/N-ethyl adjacent to an activating group) is 1. The second-order valence-electron chi connectivity index (χ2n) is 5.49. The maximum atomic E-state index is 5.08. The number of methoxy groups -OCH3 is 1. The van der Waals surface area contributed by atoms with Crippen molar-refractivity contribution in [1.29, 1.82) is 0 Å². The number of thiophene rings is 1. The minimum absolute atomic E-state index is 0. The average molecular weight is 468 g/mol. The summed E-state index contributed by atoms with van der Waals surface area (Å²) in [5.41, 5.74) is 0. The van der Waals surface area contributed by atoms with E-state index in [1.807, 2.05) is 11.3 Å². The molecule has 0 amide bonds. The van der Waals surface area contributed by atoms with Crippen molar-refractivity contribution in [3.8, 4) is 0 Å². The Morgan fingerprint density at radius 3 is 2.58 bits per heavy atom. The molecule has 0 aliphatic carbocycles. The van der Waals surface area contributed by atoms with E-state index < -0.39 is 0 Å². The molecular weight excluding hydrogens is 435 g/mol. The van der Waals surface area contributed by atoms with Gasteiger partial charge < -0.3 is 20.3 Å². The van der Waals surface area contributed by atoms with Gasteiger partial charge in [-0.25, -0.2) is 4.99 Å². The first-order chi connectivity index (χ1) is 11.2. The van der Waals surface area contributed by atoms with Gasteiger partial charge in [-0.15, -0.1) is 35.3 Å². The third-order valence-corrected chi connectivity index (χ3v) is 4.69. The first-order valence-corrected chi connectivity index (χ1v) is 9.28. The molecule has 2 N–H and O–H groups in total. The fourth-order valence-corrected chi connectivity index (χ4v) is 3.03. The van der Waals surface area contributed by atoms with Gasteiger partial charge in [-0.2, -0.15) is 0 Å². The van der Waals surface area contributed by atoms with E-state index in [9.17, 15) is 0 Å². The van der Waals surface area contributed by atoms with Crippen molar-refractivity contribution in [3.05, 3.63) is 21.9 Å². The molecule has 1 aromatic rings. The normalized spacial score (nSPS) is 11.5. The van der Waals surface area contributed by atoms with Crippen LogP contribution in [-0.4, -0.2) is 57.8 Å². The second-order valence-corrected chi connectivity index (χ2v) is 6.75. The van der Waals surface area contributed by atoms with Crippen molar-refractivity contribution >= 4 is 41.3 Å². The molecule has 140 valence electrons. The minimum Gasteiger partial charge on any atom is -0.385 e. The maximum Gasteiger partial charge on any atom is 0.191 e. The number of rotatable bonds is 11. The van der Waals surface area contributed by atoms with E-state index >= 15 is 0 Å². The van der Waals surface area contributed by atoms with E-state index in [1.165, 1.54) is 9.75 Å². The van der Waals surface area contributed by atoms with E-state index in [0.29, 0.717) is 0 Å². The fraction of sp³-hybridized carbons (Fsp3) is 0.706. The molecule has 5 nitrogen and oxygen atoms in total. The molecule has 7 heteroatoms. The Bertz CT molecular complexity index is 454. The Hall–Kier alpha value is -0.380. The van der Waals surface area contributed by atoms with Crippen LogP contribution in [0.1, 0.15) is 30.0 Å².